The van der Waals surface area contributed by atoms with Crippen LogP contribution in [0.2, 0.25) is 0 Å². The lowest BCUT2D eigenvalue weighted by Crippen LogP contribution is -2.07. The van der Waals surface area contributed by atoms with Gasteiger partial charge in [0.15, 0.2) is 15.5 Å². The average Bonchev–Trinajstić information content (AvgIpc) is 3.01. The summed E-state index contributed by atoms with van der Waals surface area (Å²) in [4.78, 5) is 0.0867. The van der Waals surface area contributed by atoms with Crippen molar-refractivity contribution in [1.82, 2.24) is 9.78 Å². The van der Waals surface area contributed by atoms with E-state index in [0.717, 1.165) is 11.6 Å². The summed E-state index contributed by atoms with van der Waals surface area (Å²) in [5, 5.41) is 5.22. The molecule has 4 aromatic rings. The van der Waals surface area contributed by atoms with Gasteiger partial charge in [-0.2, -0.15) is 18.3 Å². The van der Waals surface area contributed by atoms with Gasteiger partial charge in [0.2, 0.25) is 0 Å². The molecule has 4 rings (SSSR count). The molecule has 27 heavy (non-hydrogen) atoms. The maximum absolute atomic E-state index is 13.5. The standard InChI is InChI=1S/C19H13F3N2O2S/c1-27(25,26)14-9-7-13(8-10-14)24-17-15-5-3-2-4-12(15)6-11-16(17)18(23-24)19(20,21)22/h2-11H,1H3. The van der Waals surface area contributed by atoms with Crippen LogP contribution in [0.25, 0.3) is 27.4 Å². The summed E-state index contributed by atoms with van der Waals surface area (Å²) in [6.07, 6.45) is -3.54. The third-order valence-corrected chi connectivity index (χ3v) is 5.47. The lowest BCUT2D eigenvalue weighted by molar-refractivity contribution is -0.140. The summed E-state index contributed by atoms with van der Waals surface area (Å²) < 4.78 is 65.0. The monoisotopic (exact) mass is 390 g/mol. The van der Waals surface area contributed by atoms with Gasteiger partial charge >= 0.3 is 6.18 Å². The van der Waals surface area contributed by atoms with Crippen molar-refractivity contribution in [3.05, 3.63) is 66.4 Å². The van der Waals surface area contributed by atoms with Crippen molar-refractivity contribution in [2.75, 3.05) is 6.26 Å². The highest BCUT2D eigenvalue weighted by Crippen LogP contribution is 2.37. The quantitative estimate of drug-likeness (QED) is 0.503. The fourth-order valence-corrected chi connectivity index (χ4v) is 3.74. The first kappa shape index (κ1) is 17.5. The number of sulfone groups is 1. The van der Waals surface area contributed by atoms with Crippen molar-refractivity contribution in [2.24, 2.45) is 0 Å². The largest absolute Gasteiger partial charge is 0.435 e. The molecule has 138 valence electrons. The van der Waals surface area contributed by atoms with E-state index in [4.69, 9.17) is 0 Å². The first-order valence-electron chi connectivity index (χ1n) is 7.94. The number of benzene rings is 3. The van der Waals surface area contributed by atoms with Crippen molar-refractivity contribution in [3.8, 4) is 5.69 Å². The Balaban J connectivity index is 2.06. The molecule has 1 heterocycles. The van der Waals surface area contributed by atoms with Gasteiger partial charge in [-0.1, -0.05) is 30.3 Å². The molecule has 0 unspecified atom stereocenters. The van der Waals surface area contributed by atoms with Gasteiger partial charge < -0.3 is 0 Å². The van der Waals surface area contributed by atoms with Crippen molar-refractivity contribution in [2.45, 2.75) is 11.1 Å². The molecular formula is C19H13F3N2O2S. The Labute approximate surface area is 152 Å². The van der Waals surface area contributed by atoms with E-state index in [-0.39, 0.29) is 10.3 Å². The second-order valence-corrected chi connectivity index (χ2v) is 8.22. The first-order valence-corrected chi connectivity index (χ1v) is 9.83. The lowest BCUT2D eigenvalue weighted by atomic mass is 10.1. The van der Waals surface area contributed by atoms with E-state index in [1.165, 1.54) is 35.0 Å². The number of aromatic nitrogens is 2. The van der Waals surface area contributed by atoms with Crippen LogP contribution in [0.5, 0.6) is 0 Å². The second-order valence-electron chi connectivity index (χ2n) is 6.21. The predicted octanol–water partition coefficient (Wildman–Crippen LogP) is 4.60. The topological polar surface area (TPSA) is 52.0 Å². The molecule has 0 amide bonds. The number of hydrogen-bond donors (Lipinski definition) is 0. The molecule has 0 saturated heterocycles. The van der Waals surface area contributed by atoms with Crippen molar-refractivity contribution >= 4 is 31.5 Å². The summed E-state index contributed by atoms with van der Waals surface area (Å²) in [7, 11) is -3.41. The zero-order valence-corrected chi connectivity index (χ0v) is 14.8. The highest BCUT2D eigenvalue weighted by molar-refractivity contribution is 7.90. The number of rotatable bonds is 2. The highest BCUT2D eigenvalue weighted by Gasteiger charge is 2.37. The lowest BCUT2D eigenvalue weighted by Gasteiger charge is -2.07. The summed E-state index contributed by atoms with van der Waals surface area (Å²) in [5.41, 5.74) is -0.303. The van der Waals surface area contributed by atoms with Crippen LogP contribution in [0.3, 0.4) is 0 Å². The zero-order chi connectivity index (χ0) is 19.4. The van der Waals surface area contributed by atoms with Crippen LogP contribution in [0.15, 0.2) is 65.6 Å². The number of nitrogens with zero attached hydrogens (tertiary/aromatic N) is 2. The molecule has 8 heteroatoms. The zero-order valence-electron chi connectivity index (χ0n) is 14.0. The number of alkyl halides is 3. The molecule has 0 atom stereocenters. The molecule has 0 aliphatic carbocycles. The first-order chi connectivity index (χ1) is 12.7. The van der Waals surface area contributed by atoms with E-state index in [1.54, 1.807) is 24.3 Å². The normalized spacial score (nSPS) is 12.7. The summed E-state index contributed by atoms with van der Waals surface area (Å²) in [6.45, 7) is 0. The van der Waals surface area contributed by atoms with Crippen LogP contribution in [-0.2, 0) is 16.0 Å². The fraction of sp³-hybridized carbons (Fsp3) is 0.105. The molecule has 0 N–H and O–H groups in total. The molecular weight excluding hydrogens is 377 g/mol. The number of fused-ring (bicyclic) bond motifs is 3. The van der Waals surface area contributed by atoms with Gasteiger partial charge in [-0.05, 0) is 35.7 Å². The Kier molecular flexibility index (Phi) is 3.78. The third-order valence-electron chi connectivity index (χ3n) is 4.35. The molecule has 4 nitrogen and oxygen atoms in total. The van der Waals surface area contributed by atoms with E-state index in [1.807, 2.05) is 6.07 Å². The maximum atomic E-state index is 13.5. The Morgan fingerprint density at radius 1 is 0.889 bits per heavy atom. The Morgan fingerprint density at radius 3 is 2.19 bits per heavy atom. The second kappa shape index (κ2) is 5.82. The SMILES string of the molecule is CS(=O)(=O)c1ccc(-n2nc(C(F)(F)F)c3ccc4ccccc4c32)cc1. The van der Waals surface area contributed by atoms with Crippen LogP contribution in [0.4, 0.5) is 13.2 Å². The van der Waals surface area contributed by atoms with Crippen LogP contribution in [0.1, 0.15) is 5.69 Å². The van der Waals surface area contributed by atoms with Crippen molar-refractivity contribution < 1.29 is 21.6 Å². The molecule has 0 radical (unpaired) electrons. The molecule has 0 aliphatic heterocycles. The molecule has 0 saturated carbocycles. The molecule has 0 fully saturated rings. The maximum Gasteiger partial charge on any atom is 0.435 e. The van der Waals surface area contributed by atoms with Gasteiger partial charge in [0.05, 0.1) is 16.1 Å². The average molecular weight is 390 g/mol. The molecule has 1 aromatic heterocycles. The number of halogens is 3. The van der Waals surface area contributed by atoms with E-state index in [0.29, 0.717) is 16.6 Å². The minimum atomic E-state index is -4.61. The highest BCUT2D eigenvalue weighted by atomic mass is 32.2. The minimum absolute atomic E-state index is 0.00612. The fourth-order valence-electron chi connectivity index (χ4n) is 3.11. The van der Waals surface area contributed by atoms with Gasteiger partial charge in [-0.3, -0.25) is 0 Å². The van der Waals surface area contributed by atoms with Crippen molar-refractivity contribution in [1.29, 1.82) is 0 Å². The number of hydrogen-bond acceptors (Lipinski definition) is 3. The van der Waals surface area contributed by atoms with Gasteiger partial charge in [0, 0.05) is 17.0 Å². The Hall–Kier alpha value is -2.87. The van der Waals surface area contributed by atoms with Gasteiger partial charge in [-0.15, -0.1) is 0 Å². The van der Waals surface area contributed by atoms with E-state index in [9.17, 15) is 21.6 Å². The van der Waals surface area contributed by atoms with E-state index >= 15 is 0 Å². The minimum Gasteiger partial charge on any atom is -0.232 e. The van der Waals surface area contributed by atoms with E-state index in [2.05, 4.69) is 5.10 Å². The third kappa shape index (κ3) is 2.95. The van der Waals surface area contributed by atoms with Crippen LogP contribution in [0, 0.1) is 0 Å². The molecule has 3 aromatic carbocycles. The Bertz CT molecular complexity index is 1270. The van der Waals surface area contributed by atoms with Gasteiger partial charge in [0.25, 0.3) is 0 Å². The van der Waals surface area contributed by atoms with Crippen LogP contribution < -0.4 is 0 Å². The molecule has 0 bridgehead atoms. The van der Waals surface area contributed by atoms with Crippen molar-refractivity contribution in [3.63, 3.8) is 0 Å². The Morgan fingerprint density at radius 2 is 1.56 bits per heavy atom. The molecule has 0 spiro atoms. The summed E-state index contributed by atoms with van der Waals surface area (Å²) in [5.74, 6) is 0. The van der Waals surface area contributed by atoms with Crippen LogP contribution >= 0.6 is 0 Å². The predicted molar refractivity (Wildman–Crippen MR) is 96.7 cm³/mol. The van der Waals surface area contributed by atoms with Gasteiger partial charge in [-0.25, -0.2) is 13.1 Å². The van der Waals surface area contributed by atoms with Crippen LogP contribution in [-0.4, -0.2) is 24.5 Å². The summed E-state index contributed by atoms with van der Waals surface area (Å²) in [6, 6.07) is 15.8. The smallest absolute Gasteiger partial charge is 0.232 e. The van der Waals surface area contributed by atoms with Gasteiger partial charge in [0.1, 0.15) is 0 Å². The molecule has 0 aliphatic rings. The van der Waals surface area contributed by atoms with E-state index < -0.39 is 21.7 Å². The summed E-state index contributed by atoms with van der Waals surface area (Å²) >= 11 is 0.